The molecule has 1 aliphatic heterocycles. The van der Waals surface area contributed by atoms with E-state index in [-0.39, 0.29) is 12.1 Å². The first kappa shape index (κ1) is 21.7. The molecule has 0 aliphatic carbocycles. The molecule has 166 valence electrons. The van der Waals surface area contributed by atoms with Crippen molar-refractivity contribution in [3.8, 4) is 11.3 Å². The van der Waals surface area contributed by atoms with Gasteiger partial charge in [0.05, 0.1) is 11.7 Å². The topological polar surface area (TPSA) is 41.3 Å². The average molecular weight is 474 g/mol. The Morgan fingerprint density at radius 1 is 0.939 bits per heavy atom. The number of hydrogen-bond donors (Lipinski definition) is 1. The monoisotopic (exact) mass is 473 g/mol. The Hall–Kier alpha value is -3.15. The molecular weight excluding hydrogens is 450 g/mol. The number of thiocarbonyl (C=S) groups is 1. The number of rotatable bonds is 4. The minimum atomic E-state index is -0.192. The summed E-state index contributed by atoms with van der Waals surface area (Å²) in [6.07, 6.45) is 1.80. The second-order valence-electron chi connectivity index (χ2n) is 8.43. The van der Waals surface area contributed by atoms with E-state index in [9.17, 15) is 0 Å². The summed E-state index contributed by atoms with van der Waals surface area (Å²) >= 11 is 12.1. The first-order valence-electron chi connectivity index (χ1n) is 10.9. The van der Waals surface area contributed by atoms with Crippen molar-refractivity contribution in [3.05, 3.63) is 106 Å². The number of pyridine rings is 1. The van der Waals surface area contributed by atoms with Gasteiger partial charge in [-0.1, -0.05) is 29.8 Å². The fraction of sp³-hybridized carbons (Fsp3) is 0.185. The van der Waals surface area contributed by atoms with Crippen molar-refractivity contribution < 1.29 is 4.42 Å². The fourth-order valence-corrected chi connectivity index (χ4v) is 4.83. The number of halogens is 1. The van der Waals surface area contributed by atoms with Gasteiger partial charge in [-0.15, -0.1) is 0 Å². The Balaban J connectivity index is 1.62. The van der Waals surface area contributed by atoms with E-state index in [0.717, 1.165) is 34.0 Å². The number of benzene rings is 2. The van der Waals surface area contributed by atoms with Crippen LogP contribution in [-0.2, 0) is 0 Å². The number of nitrogens with zero attached hydrogens (tertiary/aromatic N) is 2. The normalized spacial score (nSPS) is 17.9. The van der Waals surface area contributed by atoms with Crippen molar-refractivity contribution in [2.24, 2.45) is 0 Å². The first-order chi connectivity index (χ1) is 15.9. The number of aryl methyl sites for hydroxylation is 3. The molecule has 4 nitrogen and oxygen atoms in total. The minimum absolute atomic E-state index is 0.153. The zero-order valence-corrected chi connectivity index (χ0v) is 20.2. The molecule has 5 rings (SSSR count). The summed E-state index contributed by atoms with van der Waals surface area (Å²) in [5, 5.41) is 4.81. The van der Waals surface area contributed by atoms with Gasteiger partial charge in [-0.2, -0.15) is 0 Å². The molecule has 0 radical (unpaired) electrons. The summed E-state index contributed by atoms with van der Waals surface area (Å²) in [6.45, 7) is 6.28. The molecule has 1 aliphatic rings. The highest BCUT2D eigenvalue weighted by atomic mass is 35.5. The van der Waals surface area contributed by atoms with Crippen LogP contribution in [0.1, 0.15) is 40.2 Å². The molecule has 1 saturated heterocycles. The van der Waals surface area contributed by atoms with Crippen LogP contribution >= 0.6 is 23.8 Å². The van der Waals surface area contributed by atoms with Crippen LogP contribution in [0.5, 0.6) is 0 Å². The predicted molar refractivity (Wildman–Crippen MR) is 138 cm³/mol. The third kappa shape index (κ3) is 4.03. The second kappa shape index (κ2) is 8.65. The van der Waals surface area contributed by atoms with Crippen molar-refractivity contribution in [1.29, 1.82) is 0 Å². The molecule has 0 spiro atoms. The molecule has 2 atom stereocenters. The van der Waals surface area contributed by atoms with Gasteiger partial charge in [0.2, 0.25) is 0 Å². The van der Waals surface area contributed by atoms with Crippen molar-refractivity contribution in [3.63, 3.8) is 0 Å². The van der Waals surface area contributed by atoms with Crippen molar-refractivity contribution in [1.82, 2.24) is 10.3 Å². The highest BCUT2D eigenvalue weighted by Gasteiger charge is 2.42. The Bertz CT molecular complexity index is 1330. The number of aromatic nitrogens is 1. The molecular formula is C27H24ClN3OS. The van der Waals surface area contributed by atoms with Gasteiger partial charge in [0, 0.05) is 22.5 Å². The number of anilines is 1. The van der Waals surface area contributed by atoms with Gasteiger partial charge in [-0.25, -0.2) is 0 Å². The molecule has 3 heterocycles. The largest absolute Gasteiger partial charge is 0.459 e. The smallest absolute Gasteiger partial charge is 0.174 e. The van der Waals surface area contributed by atoms with Crippen LogP contribution in [0.4, 0.5) is 5.69 Å². The molecule has 4 aromatic rings. The molecule has 0 saturated carbocycles. The SMILES string of the molecule is Cc1ccc(N2C(=S)N[C@H](c3ccccn3)[C@H]2c2ccc(-c3cc(Cl)ccc3C)o2)cc1C. The molecule has 1 fully saturated rings. The molecule has 0 amide bonds. The molecule has 1 N–H and O–H groups in total. The lowest BCUT2D eigenvalue weighted by molar-refractivity contribution is 0.439. The van der Waals surface area contributed by atoms with Crippen LogP contribution in [0.3, 0.4) is 0 Å². The maximum Gasteiger partial charge on any atom is 0.174 e. The van der Waals surface area contributed by atoms with E-state index in [1.165, 1.54) is 11.1 Å². The molecule has 2 aromatic heterocycles. The van der Waals surface area contributed by atoms with E-state index in [4.69, 9.17) is 28.2 Å². The molecule has 6 heteroatoms. The van der Waals surface area contributed by atoms with Gasteiger partial charge in [0.15, 0.2) is 5.11 Å². The summed E-state index contributed by atoms with van der Waals surface area (Å²) in [7, 11) is 0. The predicted octanol–water partition coefficient (Wildman–Crippen LogP) is 7.10. The maximum atomic E-state index is 6.47. The fourth-order valence-electron chi connectivity index (χ4n) is 4.31. The van der Waals surface area contributed by atoms with Gasteiger partial charge in [0.1, 0.15) is 17.6 Å². The quantitative estimate of drug-likeness (QED) is 0.320. The third-order valence-corrected chi connectivity index (χ3v) is 6.80. The Morgan fingerprint density at radius 3 is 2.52 bits per heavy atom. The van der Waals surface area contributed by atoms with Crippen LogP contribution in [0, 0.1) is 20.8 Å². The Morgan fingerprint density at radius 2 is 1.76 bits per heavy atom. The van der Waals surface area contributed by atoms with Crippen LogP contribution in [0.2, 0.25) is 5.02 Å². The van der Waals surface area contributed by atoms with E-state index in [1.54, 1.807) is 6.20 Å². The van der Waals surface area contributed by atoms with E-state index in [0.29, 0.717) is 10.1 Å². The molecule has 2 aromatic carbocycles. The minimum Gasteiger partial charge on any atom is -0.459 e. The third-order valence-electron chi connectivity index (χ3n) is 6.25. The molecule has 0 unspecified atom stereocenters. The average Bonchev–Trinajstić information content (AvgIpc) is 3.42. The Kier molecular flexibility index (Phi) is 5.69. The van der Waals surface area contributed by atoms with Crippen LogP contribution < -0.4 is 10.2 Å². The van der Waals surface area contributed by atoms with Gasteiger partial charge in [-0.05, 0) is 98.2 Å². The van der Waals surface area contributed by atoms with Gasteiger partial charge in [0.25, 0.3) is 0 Å². The summed E-state index contributed by atoms with van der Waals surface area (Å²) in [5.41, 5.74) is 6.47. The van der Waals surface area contributed by atoms with Crippen molar-refractivity contribution in [2.75, 3.05) is 4.90 Å². The number of hydrogen-bond acceptors (Lipinski definition) is 3. The second-order valence-corrected chi connectivity index (χ2v) is 9.25. The van der Waals surface area contributed by atoms with Crippen LogP contribution in [0.15, 0.2) is 77.3 Å². The highest BCUT2D eigenvalue weighted by Crippen LogP contribution is 2.43. The summed E-state index contributed by atoms with van der Waals surface area (Å²) in [4.78, 5) is 6.75. The zero-order valence-electron chi connectivity index (χ0n) is 18.7. The zero-order chi connectivity index (χ0) is 23.1. The van der Waals surface area contributed by atoms with E-state index < -0.39 is 0 Å². The summed E-state index contributed by atoms with van der Waals surface area (Å²) in [6, 6.07) is 21.8. The summed E-state index contributed by atoms with van der Waals surface area (Å²) in [5.74, 6) is 1.59. The van der Waals surface area contributed by atoms with Crippen molar-refractivity contribution in [2.45, 2.75) is 32.9 Å². The molecule has 33 heavy (non-hydrogen) atoms. The standard InChI is InChI=1S/C27H24ClN3OS/c1-16-8-10-20(14-18(16)3)31-26(25(30-27(31)33)22-6-4-5-13-29-22)24-12-11-23(32-24)21-15-19(28)9-7-17(21)2/h4-15,25-26H,1-3H3,(H,30,33)/t25-,26-/m1/s1. The van der Waals surface area contributed by atoms with Gasteiger partial charge >= 0.3 is 0 Å². The summed E-state index contributed by atoms with van der Waals surface area (Å²) < 4.78 is 6.47. The van der Waals surface area contributed by atoms with Gasteiger partial charge < -0.3 is 14.6 Å². The number of furan rings is 1. The van der Waals surface area contributed by atoms with E-state index in [2.05, 4.69) is 54.2 Å². The lowest BCUT2D eigenvalue weighted by Crippen LogP contribution is -2.29. The number of nitrogens with one attached hydrogen (secondary N) is 1. The highest BCUT2D eigenvalue weighted by molar-refractivity contribution is 7.80. The van der Waals surface area contributed by atoms with Crippen LogP contribution in [-0.4, -0.2) is 10.1 Å². The Labute approximate surface area is 204 Å². The lowest BCUT2D eigenvalue weighted by atomic mass is 10.0. The van der Waals surface area contributed by atoms with Crippen LogP contribution in [0.25, 0.3) is 11.3 Å². The van der Waals surface area contributed by atoms with Crippen molar-refractivity contribution >= 4 is 34.6 Å². The molecule has 0 bridgehead atoms. The first-order valence-corrected chi connectivity index (χ1v) is 11.6. The van der Waals surface area contributed by atoms with E-state index in [1.807, 2.05) is 48.5 Å². The van der Waals surface area contributed by atoms with Gasteiger partial charge in [-0.3, -0.25) is 4.98 Å². The van der Waals surface area contributed by atoms with E-state index >= 15 is 0 Å². The lowest BCUT2D eigenvalue weighted by Gasteiger charge is -2.26. The maximum absolute atomic E-state index is 6.47.